The van der Waals surface area contributed by atoms with Gasteiger partial charge in [0.05, 0.1) is 12.2 Å². The Labute approximate surface area is 135 Å². The molecule has 0 aromatic heterocycles. The smallest absolute Gasteiger partial charge is 0.137 e. The fraction of sp³-hybridized carbons (Fsp3) is 0.944. The SMILES string of the molecule is CC(C)(C)C1C2C3CCNCC3NC2N(C(C)(C)C)C1C=O. The Morgan fingerprint density at radius 3 is 2.36 bits per heavy atom. The van der Waals surface area contributed by atoms with Crippen LogP contribution in [0.1, 0.15) is 48.0 Å². The number of carbonyl (C=O) groups is 1. The van der Waals surface area contributed by atoms with Crippen LogP contribution in [0.3, 0.4) is 0 Å². The quantitative estimate of drug-likeness (QED) is 0.726. The lowest BCUT2D eigenvalue weighted by Gasteiger charge is -2.42. The first kappa shape index (κ1) is 16.4. The first-order chi connectivity index (χ1) is 10.2. The number of hydrogen-bond acceptors (Lipinski definition) is 4. The summed E-state index contributed by atoms with van der Waals surface area (Å²) < 4.78 is 0. The number of carbonyl (C=O) groups excluding carboxylic acids is 1. The number of aldehydes is 1. The molecule has 0 bridgehead atoms. The van der Waals surface area contributed by atoms with E-state index < -0.39 is 0 Å². The summed E-state index contributed by atoms with van der Waals surface area (Å²) in [5.74, 6) is 1.71. The van der Waals surface area contributed by atoms with E-state index in [-0.39, 0.29) is 17.0 Å². The van der Waals surface area contributed by atoms with E-state index in [1.165, 1.54) is 12.7 Å². The minimum atomic E-state index is 0.00240. The lowest BCUT2D eigenvalue weighted by molar-refractivity contribution is -0.116. The van der Waals surface area contributed by atoms with E-state index in [9.17, 15) is 4.79 Å². The monoisotopic (exact) mass is 307 g/mol. The van der Waals surface area contributed by atoms with E-state index in [1.54, 1.807) is 0 Å². The second kappa shape index (κ2) is 5.29. The minimum Gasteiger partial charge on any atom is -0.315 e. The number of rotatable bonds is 1. The second-order valence-electron chi connectivity index (χ2n) is 9.55. The summed E-state index contributed by atoms with van der Waals surface area (Å²) in [6.45, 7) is 15.8. The zero-order valence-corrected chi connectivity index (χ0v) is 15.0. The number of nitrogens with zero attached hydrogens (tertiary/aromatic N) is 1. The van der Waals surface area contributed by atoms with Gasteiger partial charge in [0.1, 0.15) is 6.29 Å². The van der Waals surface area contributed by atoms with E-state index in [2.05, 4.69) is 57.1 Å². The molecule has 0 spiro atoms. The zero-order chi connectivity index (χ0) is 16.3. The first-order valence-electron chi connectivity index (χ1n) is 8.87. The molecule has 3 fully saturated rings. The largest absolute Gasteiger partial charge is 0.315 e. The molecule has 6 atom stereocenters. The molecule has 0 aromatic carbocycles. The van der Waals surface area contributed by atoms with Crippen molar-refractivity contribution in [1.82, 2.24) is 15.5 Å². The van der Waals surface area contributed by atoms with Crippen LogP contribution in [0.5, 0.6) is 0 Å². The number of fused-ring (bicyclic) bond motifs is 3. The van der Waals surface area contributed by atoms with E-state index in [1.807, 2.05) is 0 Å². The summed E-state index contributed by atoms with van der Waals surface area (Å²) in [7, 11) is 0. The molecule has 0 amide bonds. The molecule has 0 aliphatic carbocycles. The van der Waals surface area contributed by atoms with Crippen molar-refractivity contribution in [3.05, 3.63) is 0 Å². The van der Waals surface area contributed by atoms with Gasteiger partial charge in [-0.1, -0.05) is 20.8 Å². The Bertz CT molecular complexity index is 437. The molecule has 3 saturated heterocycles. The van der Waals surface area contributed by atoms with Crippen LogP contribution in [0.2, 0.25) is 0 Å². The van der Waals surface area contributed by atoms with Crippen molar-refractivity contribution in [1.29, 1.82) is 0 Å². The third kappa shape index (κ3) is 2.44. The molecule has 0 radical (unpaired) electrons. The normalized spacial score (nSPS) is 43.0. The average Bonchev–Trinajstić information content (AvgIpc) is 2.89. The van der Waals surface area contributed by atoms with Gasteiger partial charge < -0.3 is 10.1 Å². The summed E-state index contributed by atoms with van der Waals surface area (Å²) in [5, 5.41) is 7.41. The molecule has 4 nitrogen and oxygen atoms in total. The Morgan fingerprint density at radius 2 is 1.82 bits per heavy atom. The van der Waals surface area contributed by atoms with E-state index >= 15 is 0 Å². The number of piperidine rings is 1. The second-order valence-corrected chi connectivity index (χ2v) is 9.55. The Kier molecular flexibility index (Phi) is 3.94. The highest BCUT2D eigenvalue weighted by atomic mass is 16.1. The van der Waals surface area contributed by atoms with E-state index in [4.69, 9.17) is 0 Å². The Morgan fingerprint density at radius 1 is 1.14 bits per heavy atom. The fourth-order valence-electron chi connectivity index (χ4n) is 5.51. The van der Waals surface area contributed by atoms with Gasteiger partial charge in [0.15, 0.2) is 0 Å². The van der Waals surface area contributed by atoms with Crippen LogP contribution in [0.15, 0.2) is 0 Å². The molecule has 3 aliphatic heterocycles. The van der Waals surface area contributed by atoms with Gasteiger partial charge in [0.2, 0.25) is 0 Å². The molecular weight excluding hydrogens is 274 g/mol. The van der Waals surface area contributed by atoms with Crippen LogP contribution in [0.25, 0.3) is 0 Å². The molecule has 6 unspecified atom stereocenters. The highest BCUT2D eigenvalue weighted by molar-refractivity contribution is 5.60. The van der Waals surface area contributed by atoms with Crippen molar-refractivity contribution in [2.75, 3.05) is 13.1 Å². The average molecular weight is 307 g/mol. The summed E-state index contributed by atoms with van der Waals surface area (Å²) in [6.07, 6.45) is 2.79. The number of nitrogens with one attached hydrogen (secondary N) is 2. The van der Waals surface area contributed by atoms with Gasteiger partial charge in [0, 0.05) is 18.1 Å². The minimum absolute atomic E-state index is 0.00240. The lowest BCUT2D eigenvalue weighted by atomic mass is 9.66. The molecule has 3 heterocycles. The van der Waals surface area contributed by atoms with Crippen LogP contribution >= 0.6 is 0 Å². The molecule has 0 saturated carbocycles. The molecule has 22 heavy (non-hydrogen) atoms. The standard InChI is InChI=1S/C18H33N3O/c1-17(2,3)15-13(10-22)21(18(4,5)6)16-14(15)11-7-8-19-9-12(11)20-16/h10-16,19-20H,7-9H2,1-6H3. The van der Waals surface area contributed by atoms with Gasteiger partial charge >= 0.3 is 0 Å². The molecule has 0 aromatic rings. The topological polar surface area (TPSA) is 44.4 Å². The van der Waals surface area contributed by atoms with Crippen LogP contribution < -0.4 is 10.6 Å². The third-order valence-corrected chi connectivity index (χ3v) is 6.10. The van der Waals surface area contributed by atoms with Gasteiger partial charge in [0.25, 0.3) is 0 Å². The molecule has 3 aliphatic rings. The fourth-order valence-corrected chi connectivity index (χ4v) is 5.51. The van der Waals surface area contributed by atoms with E-state index in [0.717, 1.165) is 13.1 Å². The van der Waals surface area contributed by atoms with Gasteiger partial charge in [-0.25, -0.2) is 0 Å². The van der Waals surface area contributed by atoms with Crippen LogP contribution in [0, 0.1) is 23.2 Å². The Balaban J connectivity index is 2.03. The van der Waals surface area contributed by atoms with Crippen molar-refractivity contribution < 1.29 is 4.79 Å². The Hall–Kier alpha value is -0.450. The molecule has 126 valence electrons. The maximum absolute atomic E-state index is 12.0. The number of hydrogen-bond donors (Lipinski definition) is 2. The van der Waals surface area contributed by atoms with Gasteiger partial charge in [-0.3, -0.25) is 10.2 Å². The van der Waals surface area contributed by atoms with E-state index in [0.29, 0.717) is 30.0 Å². The van der Waals surface area contributed by atoms with Gasteiger partial charge in [-0.2, -0.15) is 0 Å². The van der Waals surface area contributed by atoms with Crippen LogP contribution in [0.4, 0.5) is 0 Å². The van der Waals surface area contributed by atoms with Crippen molar-refractivity contribution in [2.24, 2.45) is 23.2 Å². The lowest BCUT2D eigenvalue weighted by Crippen LogP contribution is -2.57. The van der Waals surface area contributed by atoms with Crippen LogP contribution in [-0.2, 0) is 4.79 Å². The molecule has 3 rings (SSSR count). The van der Waals surface area contributed by atoms with Crippen molar-refractivity contribution in [2.45, 2.75) is 71.8 Å². The summed E-state index contributed by atoms with van der Waals surface area (Å²) in [4.78, 5) is 14.5. The molecule has 2 N–H and O–H groups in total. The predicted octanol–water partition coefficient (Wildman–Crippen LogP) is 1.85. The third-order valence-electron chi connectivity index (χ3n) is 6.10. The van der Waals surface area contributed by atoms with Crippen LogP contribution in [-0.4, -0.2) is 48.1 Å². The summed E-state index contributed by atoms with van der Waals surface area (Å²) in [6, 6.07) is 0.587. The van der Waals surface area contributed by atoms with Crippen molar-refractivity contribution in [3.63, 3.8) is 0 Å². The highest BCUT2D eigenvalue weighted by Gasteiger charge is 2.62. The summed E-state index contributed by atoms with van der Waals surface area (Å²) in [5.41, 5.74) is 0.151. The highest BCUT2D eigenvalue weighted by Crippen LogP contribution is 2.53. The van der Waals surface area contributed by atoms with Gasteiger partial charge in [-0.15, -0.1) is 0 Å². The van der Waals surface area contributed by atoms with Gasteiger partial charge in [-0.05, 0) is 56.9 Å². The zero-order valence-electron chi connectivity index (χ0n) is 15.0. The maximum atomic E-state index is 12.0. The van der Waals surface area contributed by atoms with Crippen molar-refractivity contribution >= 4 is 6.29 Å². The first-order valence-corrected chi connectivity index (χ1v) is 8.87. The predicted molar refractivity (Wildman–Crippen MR) is 89.6 cm³/mol. The van der Waals surface area contributed by atoms with Crippen molar-refractivity contribution in [3.8, 4) is 0 Å². The number of likely N-dealkylation sites (tertiary alicyclic amines) is 1. The summed E-state index contributed by atoms with van der Waals surface area (Å²) >= 11 is 0. The molecular formula is C18H33N3O. The maximum Gasteiger partial charge on any atom is 0.137 e. The molecule has 4 heteroatoms.